The van der Waals surface area contributed by atoms with Crippen molar-refractivity contribution in [1.82, 2.24) is 9.78 Å². The number of ether oxygens (including phenoxy) is 1. The smallest absolute Gasteiger partial charge is 0.380 e. The Balaban J connectivity index is 2.31. The number of hydrogen-bond donors (Lipinski definition) is 1. The number of anilines is 1. The lowest BCUT2D eigenvalue weighted by Gasteiger charge is -2.23. The van der Waals surface area contributed by atoms with Crippen LogP contribution < -0.4 is 5.32 Å². The lowest BCUT2D eigenvalue weighted by atomic mass is 9.89. The van der Waals surface area contributed by atoms with Crippen LogP contribution in [0.3, 0.4) is 0 Å². The van der Waals surface area contributed by atoms with Crippen LogP contribution in [0, 0.1) is 0 Å². The van der Waals surface area contributed by atoms with Crippen molar-refractivity contribution in [3.05, 3.63) is 45.6 Å². The van der Waals surface area contributed by atoms with E-state index >= 15 is 0 Å². The van der Waals surface area contributed by atoms with Gasteiger partial charge in [0.15, 0.2) is 0 Å². The lowest BCUT2D eigenvalue weighted by Crippen LogP contribution is -2.23. The molecule has 0 bridgehead atoms. The maximum Gasteiger partial charge on any atom is 0.433 e. The molecule has 1 aromatic heterocycles. The quantitative estimate of drug-likeness (QED) is 0.604. The van der Waals surface area contributed by atoms with Crippen LogP contribution in [0.25, 0.3) is 0 Å². The van der Waals surface area contributed by atoms with Gasteiger partial charge in [0.05, 0.1) is 12.0 Å². The zero-order valence-corrected chi connectivity index (χ0v) is 16.8. The van der Waals surface area contributed by atoms with Crippen LogP contribution in [0.5, 0.6) is 0 Å². The summed E-state index contributed by atoms with van der Waals surface area (Å²) in [6, 6.07) is 6.40. The van der Waals surface area contributed by atoms with Crippen molar-refractivity contribution < 1.29 is 22.7 Å². The van der Waals surface area contributed by atoms with Crippen LogP contribution >= 0.6 is 15.9 Å². The topological polar surface area (TPSA) is 56.1 Å². The SMILES string of the molecule is CCC(OC)C(C=O)c1cccc(Br)c1CNc1cc(C(F)(F)F)n(C)n1. The number of hydrogen-bond acceptors (Lipinski definition) is 4. The van der Waals surface area contributed by atoms with Gasteiger partial charge in [0.2, 0.25) is 0 Å². The standard InChI is InChI=1S/C18H21BrF3N3O2/c1-4-15(27-3)13(10-26)11-6-5-7-14(19)12(11)9-23-17-8-16(18(20,21)22)25(2)24-17/h5-8,10,13,15H,4,9H2,1-3H3,(H,23,24). The Bertz CT molecular complexity index is 789. The summed E-state index contributed by atoms with van der Waals surface area (Å²) in [7, 11) is 2.79. The summed E-state index contributed by atoms with van der Waals surface area (Å²) in [5, 5.41) is 6.77. The molecule has 27 heavy (non-hydrogen) atoms. The van der Waals surface area contributed by atoms with E-state index in [-0.39, 0.29) is 18.5 Å². The molecule has 1 aromatic carbocycles. The molecule has 0 spiro atoms. The van der Waals surface area contributed by atoms with Crippen molar-refractivity contribution in [2.75, 3.05) is 12.4 Å². The third-order valence-electron chi connectivity index (χ3n) is 4.38. The van der Waals surface area contributed by atoms with Crippen molar-refractivity contribution >= 4 is 28.0 Å². The van der Waals surface area contributed by atoms with E-state index in [9.17, 15) is 18.0 Å². The average molecular weight is 448 g/mol. The zero-order valence-electron chi connectivity index (χ0n) is 15.2. The highest BCUT2D eigenvalue weighted by Gasteiger charge is 2.35. The Morgan fingerprint density at radius 3 is 2.63 bits per heavy atom. The molecular formula is C18H21BrF3N3O2. The predicted octanol–water partition coefficient (Wildman–Crippen LogP) is 4.52. The molecule has 0 saturated heterocycles. The maximum absolute atomic E-state index is 12.9. The van der Waals surface area contributed by atoms with Crippen LogP contribution in [0.1, 0.15) is 36.1 Å². The molecule has 1 N–H and O–H groups in total. The number of carbonyl (C=O) groups is 1. The fourth-order valence-electron chi connectivity index (χ4n) is 3.00. The third kappa shape index (κ3) is 4.90. The average Bonchev–Trinajstić information content (AvgIpc) is 2.99. The first kappa shape index (κ1) is 21.4. The highest BCUT2D eigenvalue weighted by molar-refractivity contribution is 9.10. The van der Waals surface area contributed by atoms with Crippen molar-refractivity contribution in [2.24, 2.45) is 7.05 Å². The van der Waals surface area contributed by atoms with Crippen molar-refractivity contribution in [1.29, 1.82) is 0 Å². The van der Waals surface area contributed by atoms with Gasteiger partial charge in [0.25, 0.3) is 0 Å². The first-order valence-electron chi connectivity index (χ1n) is 8.33. The third-order valence-corrected chi connectivity index (χ3v) is 5.13. The fourth-order valence-corrected chi connectivity index (χ4v) is 3.52. The molecule has 0 aliphatic heterocycles. The van der Waals surface area contributed by atoms with Crippen molar-refractivity contribution in [3.63, 3.8) is 0 Å². The van der Waals surface area contributed by atoms with Crippen LogP contribution in [-0.2, 0) is 29.3 Å². The van der Waals surface area contributed by atoms with E-state index in [2.05, 4.69) is 26.3 Å². The second-order valence-corrected chi connectivity index (χ2v) is 6.90. The number of benzene rings is 1. The zero-order chi connectivity index (χ0) is 20.2. The molecule has 2 unspecified atom stereocenters. The molecule has 0 saturated carbocycles. The molecule has 0 amide bonds. The highest BCUT2D eigenvalue weighted by Crippen LogP contribution is 2.32. The van der Waals surface area contributed by atoms with Gasteiger partial charge < -0.3 is 14.8 Å². The summed E-state index contributed by atoms with van der Waals surface area (Å²) in [5.41, 5.74) is 0.686. The van der Waals surface area contributed by atoms with E-state index in [1.807, 2.05) is 25.1 Å². The van der Waals surface area contributed by atoms with Gasteiger partial charge in [-0.3, -0.25) is 4.68 Å². The minimum Gasteiger partial charge on any atom is -0.380 e. The number of alkyl halides is 3. The second kappa shape index (κ2) is 8.88. The number of methoxy groups -OCH3 is 1. The maximum atomic E-state index is 12.9. The summed E-state index contributed by atoms with van der Waals surface area (Å²) in [6.07, 6.45) is -3.28. The van der Waals surface area contributed by atoms with Crippen LogP contribution in [-0.4, -0.2) is 29.3 Å². The number of nitrogens with one attached hydrogen (secondary N) is 1. The fraction of sp³-hybridized carbons (Fsp3) is 0.444. The van der Waals surface area contributed by atoms with E-state index in [1.165, 1.54) is 7.05 Å². The van der Waals surface area contributed by atoms with Crippen LogP contribution in [0.2, 0.25) is 0 Å². The molecule has 1 heterocycles. The minimum absolute atomic E-state index is 0.105. The van der Waals surface area contributed by atoms with E-state index in [1.54, 1.807) is 7.11 Å². The molecule has 2 rings (SSSR count). The predicted molar refractivity (Wildman–Crippen MR) is 99.6 cm³/mol. The van der Waals surface area contributed by atoms with E-state index in [0.29, 0.717) is 6.42 Å². The molecule has 2 aromatic rings. The molecule has 148 valence electrons. The van der Waals surface area contributed by atoms with Gasteiger partial charge in [-0.1, -0.05) is 35.0 Å². The number of halogens is 4. The minimum atomic E-state index is -4.48. The molecule has 0 aliphatic rings. The summed E-state index contributed by atoms with van der Waals surface area (Å²) >= 11 is 3.46. The number of aryl methyl sites for hydroxylation is 1. The Morgan fingerprint density at radius 1 is 1.41 bits per heavy atom. The Morgan fingerprint density at radius 2 is 2.11 bits per heavy atom. The Labute approximate surface area is 164 Å². The van der Waals surface area contributed by atoms with Gasteiger partial charge >= 0.3 is 6.18 Å². The highest BCUT2D eigenvalue weighted by atomic mass is 79.9. The summed E-state index contributed by atoms with van der Waals surface area (Å²) in [6.45, 7) is 2.13. The normalized spacial score (nSPS) is 14.0. The molecule has 0 radical (unpaired) electrons. The summed E-state index contributed by atoms with van der Waals surface area (Å²) < 4.78 is 45.7. The Kier molecular flexibility index (Phi) is 7.05. The molecule has 2 atom stereocenters. The number of carbonyl (C=O) groups excluding carboxylic acids is 1. The van der Waals surface area contributed by atoms with Crippen LogP contribution in [0.4, 0.5) is 19.0 Å². The number of aromatic nitrogens is 2. The first-order valence-corrected chi connectivity index (χ1v) is 9.12. The van der Waals surface area contributed by atoms with Gasteiger partial charge in [-0.25, -0.2) is 0 Å². The molecule has 5 nitrogen and oxygen atoms in total. The number of nitrogens with zero attached hydrogens (tertiary/aromatic N) is 2. The molecule has 9 heteroatoms. The second-order valence-electron chi connectivity index (χ2n) is 6.04. The summed E-state index contributed by atoms with van der Waals surface area (Å²) in [5.74, 6) is -0.378. The van der Waals surface area contributed by atoms with Crippen LogP contribution in [0.15, 0.2) is 28.7 Å². The van der Waals surface area contributed by atoms with E-state index in [0.717, 1.165) is 32.6 Å². The van der Waals surface area contributed by atoms with E-state index in [4.69, 9.17) is 4.74 Å². The number of rotatable bonds is 8. The summed E-state index contributed by atoms with van der Waals surface area (Å²) in [4.78, 5) is 11.7. The monoisotopic (exact) mass is 447 g/mol. The van der Waals surface area contributed by atoms with Gasteiger partial charge in [-0.2, -0.15) is 18.3 Å². The van der Waals surface area contributed by atoms with Gasteiger partial charge in [0.1, 0.15) is 17.8 Å². The number of aldehydes is 1. The molecule has 0 aliphatic carbocycles. The first-order chi connectivity index (χ1) is 12.7. The van der Waals surface area contributed by atoms with Crippen molar-refractivity contribution in [3.8, 4) is 0 Å². The van der Waals surface area contributed by atoms with Gasteiger partial charge in [-0.15, -0.1) is 0 Å². The molecular weight excluding hydrogens is 427 g/mol. The van der Waals surface area contributed by atoms with E-state index < -0.39 is 17.8 Å². The van der Waals surface area contributed by atoms with Gasteiger partial charge in [0, 0.05) is 31.2 Å². The lowest BCUT2D eigenvalue weighted by molar-refractivity contribution is -0.143. The van der Waals surface area contributed by atoms with Gasteiger partial charge in [-0.05, 0) is 23.6 Å². The molecule has 0 fully saturated rings. The van der Waals surface area contributed by atoms with Crippen molar-refractivity contribution in [2.45, 2.75) is 38.1 Å². The Hall–Kier alpha value is -1.87. The largest absolute Gasteiger partial charge is 0.433 e.